The van der Waals surface area contributed by atoms with Gasteiger partial charge in [0, 0.05) is 28.7 Å². The first-order valence-electron chi connectivity index (χ1n) is 12.3. The maximum absolute atomic E-state index is 14.0. The number of benzene rings is 3. The molecule has 0 heterocycles. The largest absolute Gasteiger partial charge is 0.495 e. The van der Waals surface area contributed by atoms with E-state index in [1.807, 2.05) is 6.92 Å². The van der Waals surface area contributed by atoms with Crippen LogP contribution in [0.5, 0.6) is 5.75 Å². The number of anilines is 1. The highest BCUT2D eigenvalue weighted by Crippen LogP contribution is 2.33. The summed E-state index contributed by atoms with van der Waals surface area (Å²) in [5.41, 5.74) is 0.620. The molecule has 2 amide bonds. The van der Waals surface area contributed by atoms with Gasteiger partial charge in [0.25, 0.3) is 10.0 Å². The molecule has 0 radical (unpaired) electrons. The van der Waals surface area contributed by atoms with Crippen LogP contribution in [0.4, 0.5) is 5.69 Å². The fourth-order valence-electron chi connectivity index (χ4n) is 3.90. The predicted octanol–water partition coefficient (Wildman–Crippen LogP) is 5.14. The summed E-state index contributed by atoms with van der Waals surface area (Å²) in [6.45, 7) is 3.20. The summed E-state index contributed by atoms with van der Waals surface area (Å²) < 4.78 is 34.1. The molecule has 208 valence electrons. The van der Waals surface area contributed by atoms with Crippen LogP contribution in [0, 0.1) is 0 Å². The van der Waals surface area contributed by atoms with Gasteiger partial charge in [-0.15, -0.1) is 0 Å². The van der Waals surface area contributed by atoms with Crippen molar-refractivity contribution < 1.29 is 22.7 Å². The lowest BCUT2D eigenvalue weighted by atomic mass is 10.1. The zero-order chi connectivity index (χ0) is 28.6. The van der Waals surface area contributed by atoms with Crippen molar-refractivity contribution >= 4 is 50.7 Å². The van der Waals surface area contributed by atoms with Gasteiger partial charge in [-0.25, -0.2) is 8.42 Å². The van der Waals surface area contributed by atoms with E-state index in [0.717, 1.165) is 4.31 Å². The lowest BCUT2D eigenvalue weighted by Gasteiger charge is -2.32. The average molecular weight is 593 g/mol. The first-order valence-corrected chi connectivity index (χ1v) is 14.5. The molecule has 39 heavy (non-hydrogen) atoms. The van der Waals surface area contributed by atoms with E-state index in [1.165, 1.54) is 24.1 Å². The highest BCUT2D eigenvalue weighted by atomic mass is 35.5. The van der Waals surface area contributed by atoms with Crippen LogP contribution < -0.4 is 14.4 Å². The Balaban J connectivity index is 2.08. The monoisotopic (exact) mass is 591 g/mol. The van der Waals surface area contributed by atoms with Crippen LogP contribution in [0.3, 0.4) is 0 Å². The summed E-state index contributed by atoms with van der Waals surface area (Å²) >= 11 is 12.8. The molecule has 0 spiro atoms. The van der Waals surface area contributed by atoms with Crippen molar-refractivity contribution in [3.05, 3.63) is 88.4 Å². The summed E-state index contributed by atoms with van der Waals surface area (Å²) in [5, 5.41) is 3.43. The van der Waals surface area contributed by atoms with Crippen LogP contribution in [-0.4, -0.2) is 51.4 Å². The third-order valence-corrected chi connectivity index (χ3v) is 8.55. The van der Waals surface area contributed by atoms with Gasteiger partial charge in [-0.2, -0.15) is 0 Å². The molecule has 0 aliphatic rings. The molecule has 3 rings (SSSR count). The number of hydrogen-bond acceptors (Lipinski definition) is 5. The molecule has 3 aromatic rings. The Morgan fingerprint density at radius 2 is 1.56 bits per heavy atom. The number of carbonyl (C=O) groups is 2. The minimum Gasteiger partial charge on any atom is -0.495 e. The van der Waals surface area contributed by atoms with Gasteiger partial charge >= 0.3 is 0 Å². The molecule has 0 aliphatic heterocycles. The number of halogens is 2. The average Bonchev–Trinajstić information content (AvgIpc) is 2.94. The number of para-hydroxylation sites is 2. The van der Waals surface area contributed by atoms with Gasteiger partial charge in [-0.1, -0.05) is 66.5 Å². The molecule has 0 unspecified atom stereocenters. The summed E-state index contributed by atoms with van der Waals surface area (Å²) in [5.74, 6) is -0.752. The van der Waals surface area contributed by atoms with Crippen molar-refractivity contribution in [2.24, 2.45) is 0 Å². The number of nitrogens with zero attached hydrogens (tertiary/aromatic N) is 2. The maximum Gasteiger partial charge on any atom is 0.264 e. The van der Waals surface area contributed by atoms with E-state index in [-0.39, 0.29) is 28.8 Å². The van der Waals surface area contributed by atoms with E-state index in [4.69, 9.17) is 27.9 Å². The number of hydrogen-bond donors (Lipinski definition) is 1. The number of amides is 2. The molecule has 0 bridgehead atoms. The van der Waals surface area contributed by atoms with Crippen LogP contribution in [-0.2, 0) is 26.2 Å². The molecule has 8 nitrogen and oxygen atoms in total. The molecule has 11 heteroatoms. The summed E-state index contributed by atoms with van der Waals surface area (Å²) in [6.07, 6.45) is 0.708. The number of rotatable bonds is 12. The Bertz CT molecular complexity index is 1380. The van der Waals surface area contributed by atoms with E-state index in [9.17, 15) is 18.0 Å². The zero-order valence-corrected chi connectivity index (χ0v) is 24.3. The molecular formula is C28H31Cl2N3O5S. The van der Waals surface area contributed by atoms with Crippen LogP contribution in [0.15, 0.2) is 77.7 Å². The summed E-state index contributed by atoms with van der Waals surface area (Å²) in [6, 6.07) is 18.3. The van der Waals surface area contributed by atoms with Gasteiger partial charge in [-0.05, 0) is 49.7 Å². The second kappa shape index (κ2) is 13.7. The fraction of sp³-hybridized carbons (Fsp3) is 0.286. The number of nitrogens with one attached hydrogen (secondary N) is 1. The zero-order valence-electron chi connectivity index (χ0n) is 21.9. The number of sulfonamides is 1. The fourth-order valence-corrected chi connectivity index (χ4v) is 5.86. The SMILES string of the molecule is CCCNC(=O)[C@H](C)N(Cc1c(Cl)cccc1Cl)C(=O)CN(c1ccccc1OC)S(=O)(=O)c1ccccc1. The van der Waals surface area contributed by atoms with E-state index in [0.29, 0.717) is 28.6 Å². The Kier molecular flexibility index (Phi) is 10.6. The molecule has 1 N–H and O–H groups in total. The van der Waals surface area contributed by atoms with Crippen molar-refractivity contribution in [2.45, 2.75) is 37.8 Å². The highest BCUT2D eigenvalue weighted by Gasteiger charge is 2.34. The van der Waals surface area contributed by atoms with Crippen molar-refractivity contribution in [3.8, 4) is 5.75 Å². The lowest BCUT2D eigenvalue weighted by molar-refractivity contribution is -0.139. The van der Waals surface area contributed by atoms with E-state index in [1.54, 1.807) is 67.6 Å². The van der Waals surface area contributed by atoms with Crippen molar-refractivity contribution in [1.82, 2.24) is 10.2 Å². The molecule has 0 fully saturated rings. The standard InChI is InChI=1S/C28H31Cl2N3O5S/c1-4-17-31-28(35)20(2)32(18-22-23(29)13-10-14-24(22)30)27(34)19-33(25-15-8-9-16-26(25)38-3)39(36,37)21-11-6-5-7-12-21/h5-16,20H,4,17-19H2,1-3H3,(H,31,35)/t20-/m0/s1. The minimum absolute atomic E-state index is 0.00172. The van der Waals surface area contributed by atoms with Gasteiger partial charge < -0.3 is 15.0 Å². The smallest absolute Gasteiger partial charge is 0.264 e. The third kappa shape index (κ3) is 7.23. The van der Waals surface area contributed by atoms with Crippen LogP contribution in [0.1, 0.15) is 25.8 Å². The first kappa shape index (κ1) is 30.3. The first-order chi connectivity index (χ1) is 18.6. The topological polar surface area (TPSA) is 96.0 Å². The van der Waals surface area contributed by atoms with Crippen molar-refractivity contribution in [1.29, 1.82) is 0 Å². The third-order valence-electron chi connectivity index (χ3n) is 6.07. The second-order valence-corrected chi connectivity index (χ2v) is 11.4. The Morgan fingerprint density at radius 3 is 2.18 bits per heavy atom. The predicted molar refractivity (Wildman–Crippen MR) is 154 cm³/mol. The van der Waals surface area contributed by atoms with Crippen LogP contribution >= 0.6 is 23.2 Å². The number of ether oxygens (including phenoxy) is 1. The number of methoxy groups -OCH3 is 1. The molecule has 1 atom stereocenters. The van der Waals surface area contributed by atoms with Gasteiger partial charge in [0.05, 0.1) is 17.7 Å². The summed E-state index contributed by atoms with van der Waals surface area (Å²) in [7, 11) is -2.79. The second-order valence-electron chi connectivity index (χ2n) is 8.69. The highest BCUT2D eigenvalue weighted by molar-refractivity contribution is 7.92. The summed E-state index contributed by atoms with van der Waals surface area (Å²) in [4.78, 5) is 28.2. The van der Waals surface area contributed by atoms with Crippen molar-refractivity contribution in [3.63, 3.8) is 0 Å². The quantitative estimate of drug-likeness (QED) is 0.314. The molecule has 3 aromatic carbocycles. The Morgan fingerprint density at radius 1 is 0.949 bits per heavy atom. The van der Waals surface area contributed by atoms with Crippen LogP contribution in [0.2, 0.25) is 10.0 Å². The Hall–Kier alpha value is -3.27. The van der Waals surface area contributed by atoms with E-state index < -0.39 is 28.5 Å². The van der Waals surface area contributed by atoms with Gasteiger partial charge in [-0.3, -0.25) is 13.9 Å². The van der Waals surface area contributed by atoms with Gasteiger partial charge in [0.1, 0.15) is 18.3 Å². The van der Waals surface area contributed by atoms with E-state index >= 15 is 0 Å². The molecule has 0 saturated heterocycles. The van der Waals surface area contributed by atoms with E-state index in [2.05, 4.69) is 5.32 Å². The normalized spacial score (nSPS) is 11.9. The van der Waals surface area contributed by atoms with Crippen molar-refractivity contribution in [2.75, 3.05) is 24.5 Å². The molecular weight excluding hydrogens is 561 g/mol. The molecule has 0 saturated carbocycles. The van der Waals surface area contributed by atoms with Gasteiger partial charge in [0.15, 0.2) is 0 Å². The minimum atomic E-state index is -4.21. The number of carbonyl (C=O) groups excluding carboxylic acids is 2. The lowest BCUT2D eigenvalue weighted by Crippen LogP contribution is -2.51. The van der Waals surface area contributed by atoms with Crippen LogP contribution in [0.25, 0.3) is 0 Å². The van der Waals surface area contributed by atoms with Gasteiger partial charge in [0.2, 0.25) is 11.8 Å². The Labute approximate surface area is 239 Å². The molecule has 0 aliphatic carbocycles. The molecule has 0 aromatic heterocycles. The maximum atomic E-state index is 14.0.